The predicted octanol–water partition coefficient (Wildman–Crippen LogP) is 3.20. The lowest BCUT2D eigenvalue weighted by Crippen LogP contribution is -2.14. The Hall–Kier alpha value is -4.04. The van der Waals surface area contributed by atoms with Gasteiger partial charge in [-0.2, -0.15) is 13.2 Å². The van der Waals surface area contributed by atoms with Crippen LogP contribution in [0.4, 0.5) is 18.9 Å². The number of carbonyl (C=O) groups excluding carboxylic acids is 1. The van der Waals surface area contributed by atoms with Crippen LogP contribution in [0, 0.1) is 11.8 Å². The molecule has 0 unspecified atom stereocenters. The van der Waals surface area contributed by atoms with Gasteiger partial charge in [-0.1, -0.05) is 5.92 Å². The van der Waals surface area contributed by atoms with E-state index in [-0.39, 0.29) is 29.4 Å². The predicted molar refractivity (Wildman–Crippen MR) is 118 cm³/mol. The van der Waals surface area contributed by atoms with E-state index in [0.717, 1.165) is 0 Å². The number of aryl methyl sites for hydroxylation is 1. The number of carbonyl (C=O) groups is 1. The van der Waals surface area contributed by atoms with Gasteiger partial charge >= 0.3 is 12.1 Å². The standard InChI is InChI=1S/C23H21F3N4O4/c1-3-33-10-11-34-18-6-5-16(22-27-14-19(29-22)23(24,25)26)13-17(18)28-20(31)7-4-15-8-9-30(2)21(32)12-15/h5-6,8-9,12-14H,3,10-11H2,1-2H3,(H,27,29)(H,28,31). The molecule has 0 aliphatic rings. The monoisotopic (exact) mass is 474 g/mol. The smallest absolute Gasteiger partial charge is 0.432 e. The Balaban J connectivity index is 1.85. The lowest BCUT2D eigenvalue weighted by molar-refractivity contribution is -0.140. The number of rotatable bonds is 7. The summed E-state index contributed by atoms with van der Waals surface area (Å²) in [4.78, 5) is 30.1. The fourth-order valence-electron chi connectivity index (χ4n) is 2.78. The first-order valence-corrected chi connectivity index (χ1v) is 10.1. The quantitative estimate of drug-likeness (QED) is 0.405. The number of alkyl halides is 3. The number of H-pyrrole nitrogens is 1. The Morgan fingerprint density at radius 3 is 2.71 bits per heavy atom. The van der Waals surface area contributed by atoms with Crippen molar-refractivity contribution in [3.8, 4) is 29.0 Å². The van der Waals surface area contributed by atoms with Gasteiger partial charge < -0.3 is 24.3 Å². The van der Waals surface area contributed by atoms with Gasteiger partial charge in [0.05, 0.1) is 18.5 Å². The highest BCUT2D eigenvalue weighted by Crippen LogP contribution is 2.32. The van der Waals surface area contributed by atoms with E-state index in [4.69, 9.17) is 9.47 Å². The van der Waals surface area contributed by atoms with Crippen LogP contribution in [0.15, 0.2) is 47.5 Å². The molecule has 2 heterocycles. The van der Waals surface area contributed by atoms with Gasteiger partial charge in [-0.25, -0.2) is 4.98 Å². The van der Waals surface area contributed by atoms with Crippen molar-refractivity contribution in [3.05, 3.63) is 64.3 Å². The highest BCUT2D eigenvalue weighted by Gasteiger charge is 2.33. The molecule has 0 radical (unpaired) electrons. The molecule has 8 nitrogen and oxygen atoms in total. The number of hydrogen-bond acceptors (Lipinski definition) is 5. The van der Waals surface area contributed by atoms with E-state index in [1.165, 1.54) is 35.0 Å². The molecule has 0 saturated heterocycles. The molecule has 0 aliphatic carbocycles. The summed E-state index contributed by atoms with van der Waals surface area (Å²) < 4.78 is 51.0. The maximum atomic E-state index is 12.9. The Morgan fingerprint density at radius 1 is 1.24 bits per heavy atom. The molecule has 3 aromatic rings. The van der Waals surface area contributed by atoms with Gasteiger partial charge in [0.1, 0.15) is 23.9 Å². The van der Waals surface area contributed by atoms with Crippen LogP contribution in [0.2, 0.25) is 0 Å². The second-order valence-electron chi connectivity index (χ2n) is 6.97. The van der Waals surface area contributed by atoms with Crippen molar-refractivity contribution in [3.63, 3.8) is 0 Å². The molecule has 34 heavy (non-hydrogen) atoms. The van der Waals surface area contributed by atoms with Gasteiger partial charge in [0.2, 0.25) is 0 Å². The summed E-state index contributed by atoms with van der Waals surface area (Å²) >= 11 is 0. The van der Waals surface area contributed by atoms with E-state index >= 15 is 0 Å². The average Bonchev–Trinajstić information content (AvgIpc) is 3.29. The fraction of sp³-hybridized carbons (Fsp3) is 0.261. The average molecular weight is 474 g/mol. The van der Waals surface area contributed by atoms with E-state index in [0.29, 0.717) is 30.5 Å². The molecule has 0 bridgehead atoms. The zero-order chi connectivity index (χ0) is 24.7. The molecule has 2 N–H and O–H groups in total. The number of benzene rings is 1. The normalized spacial score (nSPS) is 11.0. The number of imidazole rings is 1. The SMILES string of the molecule is CCOCCOc1ccc(-c2ncc(C(F)(F)F)[nH]2)cc1NC(=O)C#Cc1ccn(C)c(=O)c1. The molecule has 1 aromatic carbocycles. The number of hydrogen-bond donors (Lipinski definition) is 2. The van der Waals surface area contributed by atoms with E-state index in [1.54, 1.807) is 13.1 Å². The summed E-state index contributed by atoms with van der Waals surface area (Å²) in [5, 5.41) is 2.57. The maximum Gasteiger partial charge on any atom is 0.432 e. The van der Waals surface area contributed by atoms with Crippen molar-refractivity contribution in [2.24, 2.45) is 7.05 Å². The first-order valence-electron chi connectivity index (χ1n) is 10.1. The molecule has 2 aromatic heterocycles. The molecular weight excluding hydrogens is 453 g/mol. The van der Waals surface area contributed by atoms with Crippen molar-refractivity contribution in [1.29, 1.82) is 0 Å². The Labute approximate surface area is 192 Å². The largest absolute Gasteiger partial charge is 0.489 e. The summed E-state index contributed by atoms with van der Waals surface area (Å²) in [6.45, 7) is 2.83. The zero-order valence-corrected chi connectivity index (χ0v) is 18.3. The highest BCUT2D eigenvalue weighted by atomic mass is 19.4. The molecule has 3 rings (SSSR count). The molecule has 178 valence electrons. The number of amides is 1. The molecule has 0 atom stereocenters. The van der Waals surface area contributed by atoms with Crippen LogP contribution in [-0.2, 0) is 22.8 Å². The minimum absolute atomic E-state index is 0.0325. The minimum atomic E-state index is -4.57. The second-order valence-corrected chi connectivity index (χ2v) is 6.97. The Morgan fingerprint density at radius 2 is 2.03 bits per heavy atom. The number of aromatic amines is 1. The van der Waals surface area contributed by atoms with E-state index in [2.05, 4.69) is 27.1 Å². The maximum absolute atomic E-state index is 12.9. The number of halogens is 3. The lowest BCUT2D eigenvalue weighted by atomic mass is 10.1. The topological polar surface area (TPSA) is 98.2 Å². The van der Waals surface area contributed by atoms with Gasteiger partial charge in [-0.3, -0.25) is 9.59 Å². The number of pyridine rings is 1. The van der Waals surface area contributed by atoms with E-state index in [9.17, 15) is 22.8 Å². The number of aromatic nitrogens is 3. The van der Waals surface area contributed by atoms with E-state index in [1.807, 2.05) is 6.92 Å². The van der Waals surface area contributed by atoms with Crippen LogP contribution in [-0.4, -0.2) is 40.3 Å². The van der Waals surface area contributed by atoms with Gasteiger partial charge in [0.25, 0.3) is 5.56 Å². The lowest BCUT2D eigenvalue weighted by Gasteiger charge is -2.13. The van der Waals surface area contributed by atoms with Crippen LogP contribution in [0.1, 0.15) is 18.2 Å². The third-order valence-corrected chi connectivity index (χ3v) is 4.50. The third kappa shape index (κ3) is 6.49. The zero-order valence-electron chi connectivity index (χ0n) is 18.3. The number of nitrogens with zero attached hydrogens (tertiary/aromatic N) is 2. The van der Waals surface area contributed by atoms with Crippen molar-refractivity contribution in [2.45, 2.75) is 13.1 Å². The number of nitrogens with one attached hydrogen (secondary N) is 2. The Kier molecular flexibility index (Phi) is 7.75. The summed E-state index contributed by atoms with van der Waals surface area (Å²) in [5.41, 5.74) is -0.438. The van der Waals surface area contributed by atoms with Crippen molar-refractivity contribution in [2.75, 3.05) is 25.1 Å². The summed E-state index contributed by atoms with van der Waals surface area (Å²) in [6.07, 6.45) is -2.36. The van der Waals surface area contributed by atoms with Crippen LogP contribution in [0.3, 0.4) is 0 Å². The second kappa shape index (κ2) is 10.7. The summed E-state index contributed by atoms with van der Waals surface area (Å²) in [6, 6.07) is 7.31. The fourth-order valence-corrected chi connectivity index (χ4v) is 2.78. The van der Waals surface area contributed by atoms with Crippen LogP contribution in [0.5, 0.6) is 5.75 Å². The molecule has 0 saturated carbocycles. The molecule has 0 fully saturated rings. The molecule has 0 aliphatic heterocycles. The first kappa shape index (κ1) is 24.6. The van der Waals surface area contributed by atoms with Crippen LogP contribution >= 0.6 is 0 Å². The van der Waals surface area contributed by atoms with Gasteiger partial charge in [0.15, 0.2) is 0 Å². The molecule has 0 spiro atoms. The van der Waals surface area contributed by atoms with Gasteiger partial charge in [-0.15, -0.1) is 0 Å². The van der Waals surface area contributed by atoms with Crippen molar-refractivity contribution < 1.29 is 27.4 Å². The van der Waals surface area contributed by atoms with Crippen molar-refractivity contribution >= 4 is 11.6 Å². The third-order valence-electron chi connectivity index (χ3n) is 4.50. The number of ether oxygens (including phenoxy) is 2. The van der Waals surface area contributed by atoms with Crippen LogP contribution < -0.4 is 15.6 Å². The van der Waals surface area contributed by atoms with Crippen LogP contribution in [0.25, 0.3) is 11.4 Å². The minimum Gasteiger partial charge on any atom is -0.489 e. The van der Waals surface area contributed by atoms with Crippen molar-refractivity contribution in [1.82, 2.24) is 14.5 Å². The highest BCUT2D eigenvalue weighted by molar-refractivity contribution is 6.05. The van der Waals surface area contributed by atoms with Gasteiger partial charge in [-0.05, 0) is 31.2 Å². The summed E-state index contributed by atoms with van der Waals surface area (Å²) in [5.74, 6) is 4.51. The number of anilines is 1. The van der Waals surface area contributed by atoms with E-state index < -0.39 is 17.8 Å². The first-order chi connectivity index (χ1) is 16.2. The molecule has 11 heteroatoms. The summed E-state index contributed by atoms with van der Waals surface area (Å²) in [7, 11) is 1.59. The molecule has 1 amide bonds. The molecular formula is C23H21F3N4O4. The van der Waals surface area contributed by atoms with Gasteiger partial charge in [0, 0.05) is 43.0 Å². The Bertz CT molecular complexity index is 1290.